The molecule has 2 aromatic carbocycles. The van der Waals surface area contributed by atoms with Gasteiger partial charge in [0, 0.05) is 17.7 Å². The average molecular weight is 380 g/mol. The van der Waals surface area contributed by atoms with E-state index in [-0.39, 0.29) is 11.5 Å². The molecule has 1 N–H and O–H groups in total. The summed E-state index contributed by atoms with van der Waals surface area (Å²) in [6.07, 6.45) is 2.08. The van der Waals surface area contributed by atoms with E-state index in [1.165, 1.54) is 12.1 Å². The maximum absolute atomic E-state index is 11.8. The summed E-state index contributed by atoms with van der Waals surface area (Å²) in [7, 11) is 0. The number of nitro benzene ring substituents is 1. The lowest BCUT2D eigenvalue weighted by molar-refractivity contribution is -0.384. The van der Waals surface area contributed by atoms with Crippen LogP contribution < -0.4 is 0 Å². The molecule has 3 aromatic rings. The highest BCUT2D eigenvalue weighted by Gasteiger charge is 2.26. The van der Waals surface area contributed by atoms with Crippen molar-refractivity contribution in [3.05, 3.63) is 70.5 Å². The highest BCUT2D eigenvalue weighted by atomic mass is 16.6. The zero-order valence-electron chi connectivity index (χ0n) is 15.4. The third kappa shape index (κ3) is 4.06. The molecular formula is C20H20N4O4. The molecule has 0 amide bonds. The van der Waals surface area contributed by atoms with Gasteiger partial charge in [-0.3, -0.25) is 14.9 Å². The Labute approximate surface area is 161 Å². The van der Waals surface area contributed by atoms with E-state index in [4.69, 9.17) is 0 Å². The molecule has 3 rings (SSSR count). The number of para-hydroxylation sites is 1. The van der Waals surface area contributed by atoms with Crippen LogP contribution >= 0.6 is 0 Å². The van der Waals surface area contributed by atoms with Crippen molar-refractivity contribution >= 4 is 11.7 Å². The summed E-state index contributed by atoms with van der Waals surface area (Å²) in [5.74, 6) is -1.09. The van der Waals surface area contributed by atoms with E-state index in [2.05, 4.69) is 10.1 Å². The van der Waals surface area contributed by atoms with Crippen LogP contribution in [0.4, 0.5) is 5.69 Å². The zero-order chi connectivity index (χ0) is 20.1. The first-order valence-corrected chi connectivity index (χ1v) is 9.01. The molecule has 1 aromatic heterocycles. The van der Waals surface area contributed by atoms with Gasteiger partial charge >= 0.3 is 5.97 Å². The summed E-state index contributed by atoms with van der Waals surface area (Å²) >= 11 is 0. The molecule has 0 fully saturated rings. The highest BCUT2D eigenvalue weighted by Crippen LogP contribution is 2.27. The lowest BCUT2D eigenvalue weighted by atomic mass is 10.0. The molecule has 0 aliphatic heterocycles. The first-order valence-electron chi connectivity index (χ1n) is 9.01. The zero-order valence-corrected chi connectivity index (χ0v) is 15.4. The van der Waals surface area contributed by atoms with E-state index < -0.39 is 16.8 Å². The Hall–Kier alpha value is -3.55. The number of hydrogen-bond acceptors (Lipinski definition) is 5. The predicted molar refractivity (Wildman–Crippen MR) is 103 cm³/mol. The van der Waals surface area contributed by atoms with Crippen molar-refractivity contribution < 1.29 is 14.8 Å². The molecule has 0 aliphatic carbocycles. The van der Waals surface area contributed by atoms with Crippen molar-refractivity contribution in [1.82, 2.24) is 14.8 Å². The van der Waals surface area contributed by atoms with Gasteiger partial charge in [0.25, 0.3) is 5.69 Å². The minimum absolute atomic E-state index is 0.0268. The van der Waals surface area contributed by atoms with Crippen molar-refractivity contribution in [1.29, 1.82) is 0 Å². The SMILES string of the molecule is CCCC[C@@H](C(=O)O)c1nc(-c2ccc([N+](=O)[O-])cc2)n(-c2ccccc2)n1. The number of nitrogens with zero attached hydrogens (tertiary/aromatic N) is 4. The molecule has 0 saturated carbocycles. The number of nitro groups is 1. The summed E-state index contributed by atoms with van der Waals surface area (Å²) < 4.78 is 1.58. The monoisotopic (exact) mass is 380 g/mol. The summed E-state index contributed by atoms with van der Waals surface area (Å²) in [6.45, 7) is 2.00. The molecule has 1 atom stereocenters. The van der Waals surface area contributed by atoms with E-state index in [1.807, 2.05) is 37.3 Å². The first-order chi connectivity index (χ1) is 13.5. The number of benzene rings is 2. The fourth-order valence-corrected chi connectivity index (χ4v) is 2.92. The molecule has 28 heavy (non-hydrogen) atoms. The number of non-ortho nitro benzene ring substituents is 1. The van der Waals surface area contributed by atoms with Crippen molar-refractivity contribution in [2.24, 2.45) is 0 Å². The molecule has 1 heterocycles. The van der Waals surface area contributed by atoms with Gasteiger partial charge in [-0.15, -0.1) is 5.10 Å². The molecule has 0 aliphatic rings. The Bertz CT molecular complexity index is 968. The molecule has 8 nitrogen and oxygen atoms in total. The average Bonchev–Trinajstić information content (AvgIpc) is 3.14. The molecule has 144 valence electrons. The largest absolute Gasteiger partial charge is 0.481 e. The van der Waals surface area contributed by atoms with Crippen LogP contribution in [0, 0.1) is 10.1 Å². The quantitative estimate of drug-likeness (QED) is 0.463. The minimum Gasteiger partial charge on any atom is -0.481 e. The molecule has 0 spiro atoms. The van der Waals surface area contributed by atoms with Crippen LogP contribution in [0.15, 0.2) is 54.6 Å². The third-order valence-corrected chi connectivity index (χ3v) is 4.42. The third-order valence-electron chi connectivity index (χ3n) is 4.42. The van der Waals surface area contributed by atoms with E-state index >= 15 is 0 Å². The Kier molecular flexibility index (Phi) is 5.78. The van der Waals surface area contributed by atoms with Gasteiger partial charge in [-0.1, -0.05) is 38.0 Å². The predicted octanol–water partition coefficient (Wildman–Crippen LogP) is 4.20. The Morgan fingerprint density at radius 3 is 2.43 bits per heavy atom. The number of hydrogen-bond donors (Lipinski definition) is 1. The molecule has 0 bridgehead atoms. The lowest BCUT2D eigenvalue weighted by Gasteiger charge is -2.07. The number of carboxylic acid groups (broad SMARTS) is 1. The second-order valence-electron chi connectivity index (χ2n) is 6.38. The molecule has 0 radical (unpaired) electrons. The van der Waals surface area contributed by atoms with Gasteiger partial charge in [0.15, 0.2) is 11.6 Å². The van der Waals surface area contributed by atoms with Gasteiger partial charge in [-0.05, 0) is 30.7 Å². The van der Waals surface area contributed by atoms with Crippen molar-refractivity contribution in [2.45, 2.75) is 32.1 Å². The Morgan fingerprint density at radius 1 is 1.18 bits per heavy atom. The smallest absolute Gasteiger partial charge is 0.314 e. The second kappa shape index (κ2) is 8.43. The molecule has 0 saturated heterocycles. The Balaban J connectivity index is 2.10. The standard InChI is InChI=1S/C20H20N4O4/c1-2-3-9-17(20(25)26)18-21-19(14-10-12-16(13-11-14)24(27)28)23(22-18)15-7-5-4-6-8-15/h4-8,10-13,17H,2-3,9H2,1H3,(H,25,26)/t17-/m1/s1. The van der Waals surface area contributed by atoms with E-state index in [1.54, 1.807) is 16.8 Å². The maximum Gasteiger partial charge on any atom is 0.314 e. The normalized spacial score (nSPS) is 11.9. The van der Waals surface area contributed by atoms with Crippen LogP contribution in [0.5, 0.6) is 0 Å². The van der Waals surface area contributed by atoms with Gasteiger partial charge < -0.3 is 5.11 Å². The summed E-state index contributed by atoms with van der Waals surface area (Å²) in [5, 5.41) is 25.0. The van der Waals surface area contributed by atoms with E-state index in [0.717, 1.165) is 18.5 Å². The van der Waals surface area contributed by atoms with Crippen molar-refractivity contribution in [3.8, 4) is 17.1 Å². The number of unbranched alkanes of at least 4 members (excludes halogenated alkanes) is 1. The van der Waals surface area contributed by atoms with Gasteiger partial charge in [0.2, 0.25) is 0 Å². The minimum atomic E-state index is -0.964. The summed E-state index contributed by atoms with van der Waals surface area (Å²) in [6, 6.07) is 15.2. The van der Waals surface area contributed by atoms with Gasteiger partial charge in [0.1, 0.15) is 5.92 Å². The van der Waals surface area contributed by atoms with Crippen LogP contribution in [0.3, 0.4) is 0 Å². The molecule has 0 unspecified atom stereocenters. The fourth-order valence-electron chi connectivity index (χ4n) is 2.92. The Morgan fingerprint density at radius 2 is 1.86 bits per heavy atom. The summed E-state index contributed by atoms with van der Waals surface area (Å²) in [5.41, 5.74) is 1.32. The van der Waals surface area contributed by atoms with Gasteiger partial charge in [-0.2, -0.15) is 0 Å². The van der Waals surface area contributed by atoms with Crippen LogP contribution in [-0.4, -0.2) is 30.8 Å². The first kappa shape index (κ1) is 19.2. The van der Waals surface area contributed by atoms with Crippen LogP contribution in [0.1, 0.15) is 37.9 Å². The summed E-state index contributed by atoms with van der Waals surface area (Å²) in [4.78, 5) is 26.7. The number of carboxylic acids is 1. The van der Waals surface area contributed by atoms with Gasteiger partial charge in [0.05, 0.1) is 10.6 Å². The van der Waals surface area contributed by atoms with Crippen molar-refractivity contribution in [3.63, 3.8) is 0 Å². The number of aliphatic carboxylic acids is 1. The number of aromatic nitrogens is 3. The highest BCUT2D eigenvalue weighted by molar-refractivity contribution is 5.75. The van der Waals surface area contributed by atoms with E-state index in [0.29, 0.717) is 17.8 Å². The topological polar surface area (TPSA) is 111 Å². The maximum atomic E-state index is 11.8. The molecular weight excluding hydrogens is 360 g/mol. The number of carbonyl (C=O) groups is 1. The fraction of sp³-hybridized carbons (Fsp3) is 0.250. The second-order valence-corrected chi connectivity index (χ2v) is 6.38. The number of rotatable bonds is 8. The van der Waals surface area contributed by atoms with Crippen LogP contribution in [-0.2, 0) is 4.79 Å². The lowest BCUT2D eigenvalue weighted by Crippen LogP contribution is -2.13. The molecule has 8 heteroatoms. The van der Waals surface area contributed by atoms with Gasteiger partial charge in [-0.25, -0.2) is 9.67 Å². The van der Waals surface area contributed by atoms with Crippen LogP contribution in [0.25, 0.3) is 17.1 Å². The van der Waals surface area contributed by atoms with Crippen LogP contribution in [0.2, 0.25) is 0 Å². The van der Waals surface area contributed by atoms with E-state index in [9.17, 15) is 20.0 Å². The van der Waals surface area contributed by atoms with Crippen molar-refractivity contribution in [2.75, 3.05) is 0 Å².